The molecule has 0 aliphatic carbocycles. The van der Waals surface area contributed by atoms with Crippen molar-refractivity contribution in [3.63, 3.8) is 0 Å². The van der Waals surface area contributed by atoms with Gasteiger partial charge in [0.1, 0.15) is 5.82 Å². The van der Waals surface area contributed by atoms with Crippen LogP contribution in [0.4, 0.5) is 4.39 Å². The molecule has 0 radical (unpaired) electrons. The average Bonchev–Trinajstić information content (AvgIpc) is 2.84. The predicted octanol–water partition coefficient (Wildman–Crippen LogP) is 3.80. The molecule has 0 fully saturated rings. The zero-order valence-electron chi connectivity index (χ0n) is 13.4. The van der Waals surface area contributed by atoms with Gasteiger partial charge in [0.05, 0.1) is 11.4 Å². The van der Waals surface area contributed by atoms with Gasteiger partial charge >= 0.3 is 0 Å². The summed E-state index contributed by atoms with van der Waals surface area (Å²) in [4.78, 5) is 0. The van der Waals surface area contributed by atoms with Crippen LogP contribution in [0.2, 0.25) is 0 Å². The van der Waals surface area contributed by atoms with E-state index in [0.717, 1.165) is 34.6 Å². The summed E-state index contributed by atoms with van der Waals surface area (Å²) in [6.07, 6.45) is 0.873. The average molecular weight is 309 g/mol. The van der Waals surface area contributed by atoms with Crippen LogP contribution in [0.25, 0.3) is 16.8 Å². The summed E-state index contributed by atoms with van der Waals surface area (Å²) in [6.45, 7) is 4.66. The fraction of sp³-hybridized carbons (Fsp3) is 0.211. The van der Waals surface area contributed by atoms with Gasteiger partial charge in [-0.3, -0.25) is 0 Å². The molecule has 3 nitrogen and oxygen atoms in total. The van der Waals surface area contributed by atoms with E-state index >= 15 is 0 Å². The van der Waals surface area contributed by atoms with Crippen LogP contribution < -0.4 is 5.73 Å². The lowest BCUT2D eigenvalue weighted by Crippen LogP contribution is -2.03. The third kappa shape index (κ3) is 3.03. The highest BCUT2D eigenvalue weighted by Gasteiger charge is 2.14. The molecular weight excluding hydrogens is 289 g/mol. The lowest BCUT2D eigenvalue weighted by molar-refractivity contribution is 0.628. The molecule has 0 amide bonds. The Labute approximate surface area is 135 Å². The van der Waals surface area contributed by atoms with Gasteiger partial charge in [-0.05, 0) is 62.2 Å². The topological polar surface area (TPSA) is 43.8 Å². The molecule has 2 N–H and O–H groups in total. The third-order valence-electron chi connectivity index (χ3n) is 4.04. The quantitative estimate of drug-likeness (QED) is 0.796. The highest BCUT2D eigenvalue weighted by atomic mass is 19.1. The number of hydrogen-bond donors (Lipinski definition) is 1. The van der Waals surface area contributed by atoms with E-state index < -0.39 is 0 Å². The van der Waals surface area contributed by atoms with Crippen LogP contribution in [-0.4, -0.2) is 16.3 Å². The molecule has 0 saturated heterocycles. The normalized spacial score (nSPS) is 11.0. The zero-order valence-corrected chi connectivity index (χ0v) is 13.4. The fourth-order valence-corrected chi connectivity index (χ4v) is 2.90. The van der Waals surface area contributed by atoms with Crippen molar-refractivity contribution in [3.05, 3.63) is 71.3 Å². The molecule has 0 aliphatic rings. The first kappa shape index (κ1) is 15.4. The molecule has 0 bridgehead atoms. The lowest BCUT2D eigenvalue weighted by atomic mass is 10.0. The van der Waals surface area contributed by atoms with E-state index in [2.05, 4.69) is 29.4 Å². The molecule has 1 aromatic heterocycles. The van der Waals surface area contributed by atoms with E-state index in [0.29, 0.717) is 6.54 Å². The van der Waals surface area contributed by atoms with Crippen molar-refractivity contribution in [2.75, 3.05) is 6.54 Å². The highest BCUT2D eigenvalue weighted by molar-refractivity contribution is 5.69. The van der Waals surface area contributed by atoms with Gasteiger partial charge in [0.2, 0.25) is 0 Å². The van der Waals surface area contributed by atoms with Gasteiger partial charge in [-0.15, -0.1) is 0 Å². The molecule has 4 heteroatoms. The number of benzene rings is 2. The van der Waals surface area contributed by atoms with E-state index in [1.54, 1.807) is 12.1 Å². The van der Waals surface area contributed by atoms with Gasteiger partial charge in [0.25, 0.3) is 0 Å². The molecule has 3 rings (SSSR count). The van der Waals surface area contributed by atoms with Crippen molar-refractivity contribution in [1.82, 2.24) is 9.78 Å². The van der Waals surface area contributed by atoms with Crippen LogP contribution in [-0.2, 0) is 6.42 Å². The Hall–Kier alpha value is -2.46. The van der Waals surface area contributed by atoms with Gasteiger partial charge < -0.3 is 5.73 Å². The van der Waals surface area contributed by atoms with Gasteiger partial charge in [0.15, 0.2) is 0 Å². The van der Waals surface area contributed by atoms with Crippen LogP contribution >= 0.6 is 0 Å². The van der Waals surface area contributed by atoms with Crippen molar-refractivity contribution in [2.24, 2.45) is 5.73 Å². The Morgan fingerprint density at radius 1 is 1.00 bits per heavy atom. The number of aromatic nitrogens is 2. The standard InChI is InChI=1S/C19H20FN3/c1-13-19(16-5-7-17(20)8-6-16)14(2)23(22-13)18-9-3-15(4-10-18)11-12-21/h3-10H,11-12,21H2,1-2H3. The van der Waals surface area contributed by atoms with Crippen molar-refractivity contribution in [1.29, 1.82) is 0 Å². The van der Waals surface area contributed by atoms with Gasteiger partial charge in [0, 0.05) is 11.3 Å². The number of aryl methyl sites for hydroxylation is 1. The molecule has 3 aromatic rings. The maximum absolute atomic E-state index is 13.1. The number of nitrogens with zero attached hydrogens (tertiary/aromatic N) is 2. The summed E-state index contributed by atoms with van der Waals surface area (Å²) in [5, 5.41) is 4.65. The Morgan fingerprint density at radius 2 is 1.65 bits per heavy atom. The molecule has 23 heavy (non-hydrogen) atoms. The largest absolute Gasteiger partial charge is 0.330 e. The second-order valence-corrected chi connectivity index (χ2v) is 5.67. The van der Waals surface area contributed by atoms with Gasteiger partial charge in [-0.1, -0.05) is 24.3 Å². The summed E-state index contributed by atoms with van der Waals surface area (Å²) in [7, 11) is 0. The van der Waals surface area contributed by atoms with E-state index in [-0.39, 0.29) is 5.82 Å². The third-order valence-corrected chi connectivity index (χ3v) is 4.04. The Morgan fingerprint density at radius 3 is 2.26 bits per heavy atom. The summed E-state index contributed by atoms with van der Waals surface area (Å²) in [6, 6.07) is 14.8. The number of hydrogen-bond acceptors (Lipinski definition) is 2. The Kier molecular flexibility index (Phi) is 4.26. The van der Waals surface area contributed by atoms with Crippen molar-refractivity contribution in [3.8, 4) is 16.8 Å². The second kappa shape index (κ2) is 6.34. The highest BCUT2D eigenvalue weighted by Crippen LogP contribution is 2.28. The number of rotatable bonds is 4. The van der Waals surface area contributed by atoms with E-state index in [9.17, 15) is 4.39 Å². The first-order chi connectivity index (χ1) is 11.1. The van der Waals surface area contributed by atoms with Crippen molar-refractivity contribution >= 4 is 0 Å². The molecule has 2 aromatic carbocycles. The summed E-state index contributed by atoms with van der Waals surface area (Å²) >= 11 is 0. The van der Waals surface area contributed by atoms with Crippen LogP contribution in [0.15, 0.2) is 48.5 Å². The number of nitrogens with two attached hydrogens (primary N) is 1. The number of halogens is 1. The van der Waals surface area contributed by atoms with E-state index in [1.807, 2.05) is 18.5 Å². The lowest BCUT2D eigenvalue weighted by Gasteiger charge is -2.07. The summed E-state index contributed by atoms with van der Waals surface area (Å²) in [5.41, 5.74) is 11.8. The molecule has 0 spiro atoms. The Bertz CT molecular complexity index is 802. The zero-order chi connectivity index (χ0) is 16.4. The monoisotopic (exact) mass is 309 g/mol. The van der Waals surface area contributed by atoms with Crippen LogP contribution in [0.5, 0.6) is 0 Å². The van der Waals surface area contributed by atoms with E-state index in [1.165, 1.54) is 17.7 Å². The molecule has 0 saturated carbocycles. The summed E-state index contributed by atoms with van der Waals surface area (Å²) in [5.74, 6) is -0.230. The molecule has 0 atom stereocenters. The maximum Gasteiger partial charge on any atom is 0.123 e. The maximum atomic E-state index is 13.1. The van der Waals surface area contributed by atoms with Crippen molar-refractivity contribution in [2.45, 2.75) is 20.3 Å². The minimum atomic E-state index is -0.230. The first-order valence-corrected chi connectivity index (χ1v) is 7.71. The smallest absolute Gasteiger partial charge is 0.123 e. The minimum absolute atomic E-state index is 0.230. The van der Waals surface area contributed by atoms with Crippen LogP contribution in [0, 0.1) is 19.7 Å². The Balaban J connectivity index is 2.01. The van der Waals surface area contributed by atoms with Gasteiger partial charge in [-0.2, -0.15) is 5.10 Å². The molecule has 0 unspecified atom stereocenters. The van der Waals surface area contributed by atoms with Crippen LogP contribution in [0.1, 0.15) is 17.0 Å². The molecule has 1 heterocycles. The van der Waals surface area contributed by atoms with Gasteiger partial charge in [-0.25, -0.2) is 9.07 Å². The fourth-order valence-electron chi connectivity index (χ4n) is 2.90. The van der Waals surface area contributed by atoms with E-state index in [4.69, 9.17) is 5.73 Å². The second-order valence-electron chi connectivity index (χ2n) is 5.67. The SMILES string of the molecule is Cc1nn(-c2ccc(CCN)cc2)c(C)c1-c1ccc(F)cc1. The molecule has 0 aliphatic heterocycles. The van der Waals surface area contributed by atoms with Crippen molar-refractivity contribution < 1.29 is 4.39 Å². The molecule has 118 valence electrons. The summed E-state index contributed by atoms with van der Waals surface area (Å²) < 4.78 is 15.1. The van der Waals surface area contributed by atoms with Crippen LogP contribution in [0.3, 0.4) is 0 Å². The molecular formula is C19H20FN3. The predicted molar refractivity (Wildman–Crippen MR) is 91.2 cm³/mol. The first-order valence-electron chi connectivity index (χ1n) is 7.71. The minimum Gasteiger partial charge on any atom is -0.330 e.